The molecule has 0 bridgehead atoms. The predicted octanol–water partition coefficient (Wildman–Crippen LogP) is 3.64. The first-order valence-corrected chi connectivity index (χ1v) is 16.4. The molecule has 3 amide bonds. The maximum Gasteiger partial charge on any atom is 0.408 e. The van der Waals surface area contributed by atoms with Crippen molar-refractivity contribution in [2.24, 2.45) is 5.92 Å². The Morgan fingerprint density at radius 1 is 1.15 bits per heavy atom. The van der Waals surface area contributed by atoms with E-state index in [9.17, 15) is 24.3 Å². The minimum atomic E-state index is -1.43. The summed E-state index contributed by atoms with van der Waals surface area (Å²) in [4.78, 5) is 56.1. The first kappa shape index (κ1) is 33.9. The summed E-state index contributed by atoms with van der Waals surface area (Å²) in [6.45, 7) is 7.92. The first-order chi connectivity index (χ1) is 22.4. The van der Waals surface area contributed by atoms with Gasteiger partial charge in [-0.3, -0.25) is 9.59 Å². The lowest BCUT2D eigenvalue weighted by atomic mass is 10.0. The Kier molecular flexibility index (Phi) is 10.2. The van der Waals surface area contributed by atoms with Crippen LogP contribution in [0, 0.1) is 5.92 Å². The standard InChI is InChI=1S/C33H45N7O7/c1-5-17-46-24-15-13-21(14-16-24)27-36-38-40(37-27)23-18-26-28(41)35-33(30(43)44)19-22(33)11-9-7-6-8-10-12-25(29(42)39(26)20-23)34-31(45)47-32(2,3)4/h9,11,13-16,22-23,25-26H,5-8,10,12,17-20H2,1-4H3,(H,34,45)(H,35,41)(H,43,44)/b11-9-/t22-,23+,25-,26-,33+/m0/s1. The number of alkyl carbamates (subject to hydrolysis) is 1. The summed E-state index contributed by atoms with van der Waals surface area (Å²) in [5.41, 5.74) is -1.48. The second-order valence-electron chi connectivity index (χ2n) is 13.5. The Morgan fingerprint density at radius 2 is 1.91 bits per heavy atom. The molecule has 1 aromatic heterocycles. The summed E-state index contributed by atoms with van der Waals surface area (Å²) in [5, 5.41) is 28.7. The van der Waals surface area contributed by atoms with Crippen molar-refractivity contribution < 1.29 is 33.8 Å². The van der Waals surface area contributed by atoms with Crippen LogP contribution in [-0.4, -0.2) is 90.5 Å². The summed E-state index contributed by atoms with van der Waals surface area (Å²) in [6.07, 6.45) is 7.79. The van der Waals surface area contributed by atoms with Gasteiger partial charge in [-0.2, -0.15) is 4.80 Å². The molecule has 14 nitrogen and oxygen atoms in total. The van der Waals surface area contributed by atoms with Crippen LogP contribution >= 0.6 is 0 Å². The van der Waals surface area contributed by atoms with Crippen LogP contribution < -0.4 is 15.4 Å². The molecule has 3 heterocycles. The zero-order valence-corrected chi connectivity index (χ0v) is 27.5. The van der Waals surface area contributed by atoms with Gasteiger partial charge in [0.15, 0.2) is 0 Å². The molecule has 2 fully saturated rings. The quantitative estimate of drug-likeness (QED) is 0.375. The zero-order chi connectivity index (χ0) is 33.8. The number of carbonyl (C=O) groups is 4. The lowest BCUT2D eigenvalue weighted by Crippen LogP contribution is -2.56. The highest BCUT2D eigenvalue weighted by Gasteiger charge is 2.61. The number of ether oxygens (including phenoxy) is 2. The van der Waals surface area contributed by atoms with E-state index in [1.165, 1.54) is 9.70 Å². The molecule has 3 aliphatic rings. The van der Waals surface area contributed by atoms with Gasteiger partial charge in [-0.25, -0.2) is 9.59 Å². The second kappa shape index (κ2) is 14.1. The third kappa shape index (κ3) is 8.09. The topological polar surface area (TPSA) is 178 Å². The van der Waals surface area contributed by atoms with Crippen molar-refractivity contribution >= 4 is 23.9 Å². The number of carboxylic acids is 1. The van der Waals surface area contributed by atoms with E-state index in [-0.39, 0.29) is 25.3 Å². The van der Waals surface area contributed by atoms with E-state index in [1.807, 2.05) is 43.3 Å². The number of carboxylic acid groups (broad SMARTS) is 1. The van der Waals surface area contributed by atoms with Crippen molar-refractivity contribution in [3.05, 3.63) is 36.4 Å². The molecule has 1 aromatic carbocycles. The van der Waals surface area contributed by atoms with E-state index in [0.29, 0.717) is 25.3 Å². The van der Waals surface area contributed by atoms with Gasteiger partial charge in [-0.1, -0.05) is 31.9 Å². The largest absolute Gasteiger partial charge is 0.494 e. The first-order valence-electron chi connectivity index (χ1n) is 16.4. The maximum atomic E-state index is 14.2. The lowest BCUT2D eigenvalue weighted by Gasteiger charge is -2.30. The third-order valence-electron chi connectivity index (χ3n) is 8.67. The number of aromatic nitrogens is 4. The van der Waals surface area contributed by atoms with Crippen LogP contribution in [0.2, 0.25) is 0 Å². The van der Waals surface area contributed by atoms with E-state index in [4.69, 9.17) is 9.47 Å². The molecule has 1 saturated heterocycles. The number of fused-ring (bicyclic) bond motifs is 2. The number of aliphatic carboxylic acids is 1. The summed E-state index contributed by atoms with van der Waals surface area (Å²) >= 11 is 0. The molecular weight excluding hydrogens is 606 g/mol. The number of amides is 3. The van der Waals surface area contributed by atoms with Crippen LogP contribution in [0.5, 0.6) is 5.75 Å². The average molecular weight is 652 g/mol. The Morgan fingerprint density at radius 3 is 2.62 bits per heavy atom. The average Bonchev–Trinajstić information content (AvgIpc) is 3.33. The van der Waals surface area contributed by atoms with Gasteiger partial charge in [0, 0.05) is 24.4 Å². The number of benzene rings is 1. The van der Waals surface area contributed by atoms with Crippen molar-refractivity contribution in [3.63, 3.8) is 0 Å². The highest BCUT2D eigenvalue weighted by atomic mass is 16.6. The van der Waals surface area contributed by atoms with Crippen LogP contribution in [0.1, 0.15) is 85.1 Å². The number of hydrogen-bond donors (Lipinski definition) is 3. The molecule has 47 heavy (non-hydrogen) atoms. The van der Waals surface area contributed by atoms with Gasteiger partial charge in [-0.15, -0.1) is 10.2 Å². The van der Waals surface area contributed by atoms with Gasteiger partial charge < -0.3 is 30.1 Å². The zero-order valence-electron chi connectivity index (χ0n) is 27.5. The Labute approximate surface area is 274 Å². The van der Waals surface area contributed by atoms with E-state index >= 15 is 0 Å². The van der Waals surface area contributed by atoms with Crippen LogP contribution in [0.15, 0.2) is 36.4 Å². The monoisotopic (exact) mass is 651 g/mol. The Bertz CT molecular complexity index is 1480. The summed E-state index contributed by atoms with van der Waals surface area (Å²) in [7, 11) is 0. The van der Waals surface area contributed by atoms with Gasteiger partial charge in [0.2, 0.25) is 17.6 Å². The van der Waals surface area contributed by atoms with E-state index in [1.54, 1.807) is 20.8 Å². The summed E-state index contributed by atoms with van der Waals surface area (Å²) < 4.78 is 11.1. The molecule has 2 aromatic rings. The minimum absolute atomic E-state index is 0.0619. The van der Waals surface area contributed by atoms with Gasteiger partial charge in [0.05, 0.1) is 12.6 Å². The Balaban J connectivity index is 1.41. The van der Waals surface area contributed by atoms with Gasteiger partial charge >= 0.3 is 12.1 Å². The fraction of sp³-hybridized carbons (Fsp3) is 0.606. The van der Waals surface area contributed by atoms with Crippen LogP contribution in [-0.2, 0) is 19.1 Å². The van der Waals surface area contributed by atoms with Gasteiger partial charge in [0.1, 0.15) is 29.0 Å². The SMILES string of the molecule is CCCOc1ccc(-c2nnn([C@@H]3C[C@H]4C(=O)N[C@]5(C(=O)O)C[C@@H]5/C=C\CCCCC[C@H](NC(=O)OC(C)(C)C)C(=O)N4C3)n2)cc1. The number of nitrogens with zero attached hydrogens (tertiary/aromatic N) is 5. The number of carbonyl (C=O) groups excluding carboxylic acids is 3. The molecule has 0 spiro atoms. The molecule has 0 radical (unpaired) electrons. The summed E-state index contributed by atoms with van der Waals surface area (Å²) in [6, 6.07) is 4.83. The summed E-state index contributed by atoms with van der Waals surface area (Å²) in [5.74, 6) is -1.38. The molecule has 254 valence electrons. The second-order valence-corrected chi connectivity index (χ2v) is 13.5. The normalized spacial score (nSPS) is 27.4. The van der Waals surface area contributed by atoms with Gasteiger partial charge in [0.25, 0.3) is 0 Å². The fourth-order valence-electron chi connectivity index (χ4n) is 6.11. The molecule has 1 aliphatic carbocycles. The number of nitrogens with one attached hydrogen (secondary N) is 2. The molecule has 2 aliphatic heterocycles. The number of hydrogen-bond acceptors (Lipinski definition) is 9. The Hall–Kier alpha value is -4.49. The number of allylic oxidation sites excluding steroid dienone is 1. The van der Waals surface area contributed by atoms with Crippen molar-refractivity contribution in [1.29, 1.82) is 0 Å². The highest BCUT2D eigenvalue weighted by Crippen LogP contribution is 2.45. The number of rotatable bonds is 7. The molecule has 0 unspecified atom stereocenters. The van der Waals surface area contributed by atoms with Crippen LogP contribution in [0.25, 0.3) is 11.4 Å². The van der Waals surface area contributed by atoms with Crippen LogP contribution in [0.3, 0.4) is 0 Å². The fourth-order valence-corrected chi connectivity index (χ4v) is 6.11. The minimum Gasteiger partial charge on any atom is -0.494 e. The molecular formula is C33H45N7O7. The van der Waals surface area contributed by atoms with Crippen LogP contribution in [0.4, 0.5) is 4.79 Å². The van der Waals surface area contributed by atoms with Gasteiger partial charge in [-0.05, 0) is 82.4 Å². The number of tetrazole rings is 1. The van der Waals surface area contributed by atoms with Crippen molar-refractivity contribution in [3.8, 4) is 17.1 Å². The molecule has 5 atom stereocenters. The third-order valence-corrected chi connectivity index (χ3v) is 8.67. The lowest BCUT2D eigenvalue weighted by molar-refractivity contribution is -0.145. The molecule has 1 saturated carbocycles. The maximum absolute atomic E-state index is 14.2. The van der Waals surface area contributed by atoms with E-state index in [0.717, 1.165) is 37.0 Å². The van der Waals surface area contributed by atoms with E-state index < -0.39 is 53.1 Å². The molecule has 3 N–H and O–H groups in total. The van der Waals surface area contributed by atoms with Crippen molar-refractivity contribution in [1.82, 2.24) is 35.7 Å². The smallest absolute Gasteiger partial charge is 0.408 e. The highest BCUT2D eigenvalue weighted by molar-refractivity contribution is 5.96. The predicted molar refractivity (Wildman–Crippen MR) is 170 cm³/mol. The molecule has 14 heteroatoms. The van der Waals surface area contributed by atoms with Crippen molar-refractivity contribution in [2.75, 3.05) is 13.2 Å². The molecule has 5 rings (SSSR count). The van der Waals surface area contributed by atoms with E-state index in [2.05, 4.69) is 26.0 Å². The van der Waals surface area contributed by atoms with Crippen molar-refractivity contribution in [2.45, 2.75) is 108 Å².